The van der Waals surface area contributed by atoms with E-state index in [0.717, 1.165) is 6.42 Å². The van der Waals surface area contributed by atoms with Gasteiger partial charge in [-0.3, -0.25) is 9.59 Å². The Morgan fingerprint density at radius 1 is 0.944 bits per heavy atom. The molecule has 0 spiro atoms. The Labute approximate surface area is 210 Å². The Balaban J connectivity index is 1.64. The Morgan fingerprint density at radius 2 is 1.61 bits per heavy atom. The summed E-state index contributed by atoms with van der Waals surface area (Å²) in [6, 6.07) is 16.2. The molecule has 0 bridgehead atoms. The molecule has 3 aromatic carbocycles. The number of carbonyl (C=O) groups excluding carboxylic acids is 2. The average molecular weight is 507 g/mol. The number of carbonyl (C=O) groups is 2. The van der Waals surface area contributed by atoms with E-state index in [1.807, 2.05) is 0 Å². The number of likely N-dealkylation sites (tertiary alicyclic amines) is 1. The van der Waals surface area contributed by atoms with E-state index >= 15 is 0 Å². The maximum absolute atomic E-state index is 13.7. The number of rotatable bonds is 3. The molecule has 8 heteroatoms. The number of halogens is 1. The van der Waals surface area contributed by atoms with E-state index in [4.69, 9.17) is 0 Å². The molecule has 0 aliphatic carbocycles. The first-order chi connectivity index (χ1) is 17.1. The van der Waals surface area contributed by atoms with Gasteiger partial charge in [0.05, 0.1) is 27.6 Å². The number of hydrogen-bond donors (Lipinski definition) is 0. The predicted octanol–water partition coefficient (Wildman–Crippen LogP) is 4.94. The van der Waals surface area contributed by atoms with Crippen molar-refractivity contribution in [1.29, 1.82) is 0 Å². The minimum Gasteiger partial charge on any atom is -0.338 e. The second-order valence-corrected chi connectivity index (χ2v) is 11.7. The van der Waals surface area contributed by atoms with Gasteiger partial charge in [0.1, 0.15) is 5.82 Å². The second kappa shape index (κ2) is 9.17. The maximum Gasteiger partial charge on any atom is 0.259 e. The van der Waals surface area contributed by atoms with Crippen LogP contribution >= 0.6 is 0 Å². The Hall–Kier alpha value is -3.52. The lowest BCUT2D eigenvalue weighted by Crippen LogP contribution is -2.42. The van der Waals surface area contributed by atoms with E-state index in [-0.39, 0.29) is 33.5 Å². The summed E-state index contributed by atoms with van der Waals surface area (Å²) in [5, 5.41) is 0. The molecule has 0 radical (unpaired) electrons. The van der Waals surface area contributed by atoms with Crippen LogP contribution in [0.2, 0.25) is 0 Å². The van der Waals surface area contributed by atoms with Gasteiger partial charge in [0, 0.05) is 18.7 Å². The molecule has 1 saturated heterocycles. The maximum atomic E-state index is 13.7. The SMILES string of the molecule is CC1CC(C)CN(C(=O)c2ccc3c(c2)N(Cc2ccc(F)cc2)C(=O)c2ccccc2S3(=O)=O)C1. The van der Waals surface area contributed by atoms with Crippen molar-refractivity contribution in [3.05, 3.63) is 89.2 Å². The van der Waals surface area contributed by atoms with Crippen LogP contribution in [0.3, 0.4) is 0 Å². The van der Waals surface area contributed by atoms with Gasteiger partial charge >= 0.3 is 0 Å². The molecular weight excluding hydrogens is 479 g/mol. The van der Waals surface area contributed by atoms with Crippen LogP contribution in [-0.4, -0.2) is 38.2 Å². The van der Waals surface area contributed by atoms with Crippen molar-refractivity contribution in [3.8, 4) is 0 Å². The molecule has 5 rings (SSSR count). The largest absolute Gasteiger partial charge is 0.338 e. The Kier molecular flexibility index (Phi) is 6.16. The molecule has 1 fully saturated rings. The molecule has 2 aliphatic heterocycles. The van der Waals surface area contributed by atoms with Gasteiger partial charge in [0.2, 0.25) is 9.84 Å². The van der Waals surface area contributed by atoms with Crippen LogP contribution in [0.4, 0.5) is 10.1 Å². The predicted molar refractivity (Wildman–Crippen MR) is 134 cm³/mol. The van der Waals surface area contributed by atoms with Gasteiger partial charge in [-0.05, 0) is 66.3 Å². The Bertz CT molecular complexity index is 1440. The molecule has 6 nitrogen and oxygen atoms in total. The Morgan fingerprint density at radius 3 is 2.31 bits per heavy atom. The number of fused-ring (bicyclic) bond motifs is 2. The smallest absolute Gasteiger partial charge is 0.259 e. The summed E-state index contributed by atoms with van der Waals surface area (Å²) in [4.78, 5) is 30.2. The molecule has 2 amide bonds. The minimum absolute atomic E-state index is 0.0192. The van der Waals surface area contributed by atoms with E-state index in [1.165, 1.54) is 47.4 Å². The van der Waals surface area contributed by atoms with Crippen molar-refractivity contribution >= 4 is 27.3 Å². The zero-order valence-electron chi connectivity index (χ0n) is 20.1. The normalized spacial score (nSPS) is 20.9. The quantitative estimate of drug-likeness (QED) is 0.505. The molecule has 2 atom stereocenters. The highest BCUT2D eigenvalue weighted by Crippen LogP contribution is 2.38. The summed E-state index contributed by atoms with van der Waals surface area (Å²) >= 11 is 0. The standard InChI is InChI=1S/C28H27FN2O4S/c1-18-13-19(2)16-30(15-18)27(32)21-9-12-26-24(14-21)31(17-20-7-10-22(29)11-8-20)28(33)23-5-3-4-6-25(23)36(26,34)35/h3-12,14,18-19H,13,15-17H2,1-2H3. The van der Waals surface area contributed by atoms with Crippen LogP contribution in [-0.2, 0) is 16.4 Å². The second-order valence-electron chi connectivity index (χ2n) is 9.86. The van der Waals surface area contributed by atoms with Crippen LogP contribution in [0.15, 0.2) is 76.5 Å². The fraction of sp³-hybridized carbons (Fsp3) is 0.286. The van der Waals surface area contributed by atoms with Crippen molar-refractivity contribution in [2.45, 2.75) is 36.6 Å². The zero-order chi connectivity index (χ0) is 25.6. The zero-order valence-corrected chi connectivity index (χ0v) is 21.0. The fourth-order valence-electron chi connectivity index (χ4n) is 5.28. The molecule has 0 aromatic heterocycles. The highest BCUT2D eigenvalue weighted by Gasteiger charge is 2.36. The fourth-order valence-corrected chi connectivity index (χ4v) is 6.91. The van der Waals surface area contributed by atoms with Gasteiger partial charge in [-0.2, -0.15) is 0 Å². The minimum atomic E-state index is -4.03. The van der Waals surface area contributed by atoms with Gasteiger partial charge in [0.25, 0.3) is 11.8 Å². The number of hydrogen-bond acceptors (Lipinski definition) is 4. The highest BCUT2D eigenvalue weighted by molar-refractivity contribution is 7.91. The summed E-state index contributed by atoms with van der Waals surface area (Å²) in [7, 11) is -4.03. The van der Waals surface area contributed by atoms with Gasteiger partial charge in [-0.25, -0.2) is 12.8 Å². The highest BCUT2D eigenvalue weighted by atomic mass is 32.2. The monoisotopic (exact) mass is 506 g/mol. The summed E-state index contributed by atoms with van der Waals surface area (Å²) in [6.45, 7) is 5.50. The van der Waals surface area contributed by atoms with Crippen LogP contribution < -0.4 is 4.90 Å². The van der Waals surface area contributed by atoms with Crippen molar-refractivity contribution in [2.75, 3.05) is 18.0 Å². The molecule has 2 aliphatic rings. The third-order valence-corrected chi connectivity index (χ3v) is 8.71. The summed E-state index contributed by atoms with van der Waals surface area (Å²) in [6.07, 6.45) is 1.05. The molecule has 2 heterocycles. The molecule has 36 heavy (non-hydrogen) atoms. The summed E-state index contributed by atoms with van der Waals surface area (Å²) in [5.41, 5.74) is 1.16. The number of anilines is 1. The lowest BCUT2D eigenvalue weighted by Gasteiger charge is -2.35. The van der Waals surface area contributed by atoms with E-state index < -0.39 is 21.6 Å². The number of nitrogens with zero attached hydrogens (tertiary/aromatic N) is 2. The molecular formula is C28H27FN2O4S. The van der Waals surface area contributed by atoms with Crippen molar-refractivity contribution in [3.63, 3.8) is 0 Å². The molecule has 2 unspecified atom stereocenters. The van der Waals surface area contributed by atoms with Crippen LogP contribution in [0.5, 0.6) is 0 Å². The van der Waals surface area contributed by atoms with Gasteiger partial charge in [-0.1, -0.05) is 38.1 Å². The van der Waals surface area contributed by atoms with Crippen LogP contribution in [0.25, 0.3) is 0 Å². The third kappa shape index (κ3) is 4.30. The lowest BCUT2D eigenvalue weighted by molar-refractivity contribution is 0.0623. The summed E-state index contributed by atoms with van der Waals surface area (Å²) < 4.78 is 40.8. The van der Waals surface area contributed by atoms with Gasteiger partial charge in [0.15, 0.2) is 0 Å². The summed E-state index contributed by atoms with van der Waals surface area (Å²) in [5.74, 6) is -0.367. The van der Waals surface area contributed by atoms with Crippen LogP contribution in [0.1, 0.15) is 46.5 Å². The first-order valence-electron chi connectivity index (χ1n) is 12.0. The first kappa shape index (κ1) is 24.2. The lowest BCUT2D eigenvalue weighted by atomic mass is 9.91. The van der Waals surface area contributed by atoms with Crippen molar-refractivity contribution < 1.29 is 22.4 Å². The van der Waals surface area contributed by atoms with Gasteiger partial charge in [-0.15, -0.1) is 0 Å². The van der Waals surface area contributed by atoms with E-state index in [1.54, 1.807) is 29.2 Å². The number of piperidine rings is 1. The topological polar surface area (TPSA) is 74.8 Å². The number of sulfone groups is 1. The first-order valence-corrected chi connectivity index (χ1v) is 13.5. The van der Waals surface area contributed by atoms with Crippen molar-refractivity contribution in [1.82, 2.24) is 4.90 Å². The molecule has 0 saturated carbocycles. The number of benzene rings is 3. The average Bonchev–Trinajstić information content (AvgIpc) is 2.92. The van der Waals surface area contributed by atoms with Gasteiger partial charge < -0.3 is 9.80 Å². The number of amides is 2. The van der Waals surface area contributed by atoms with E-state index in [0.29, 0.717) is 36.1 Å². The third-order valence-electron chi connectivity index (χ3n) is 6.85. The van der Waals surface area contributed by atoms with Crippen LogP contribution in [0, 0.1) is 17.7 Å². The van der Waals surface area contributed by atoms with Crippen molar-refractivity contribution in [2.24, 2.45) is 11.8 Å². The van der Waals surface area contributed by atoms with E-state index in [9.17, 15) is 22.4 Å². The molecule has 186 valence electrons. The van der Waals surface area contributed by atoms with E-state index in [2.05, 4.69) is 13.8 Å². The molecule has 3 aromatic rings. The molecule has 0 N–H and O–H groups in total.